The van der Waals surface area contributed by atoms with Crippen LogP contribution in [0.25, 0.3) is 0 Å². The summed E-state index contributed by atoms with van der Waals surface area (Å²) in [5.74, 6) is 0.294. The van der Waals surface area contributed by atoms with E-state index in [0.29, 0.717) is 13.0 Å². The predicted octanol–water partition coefficient (Wildman–Crippen LogP) is 1.67. The van der Waals surface area contributed by atoms with Crippen molar-refractivity contribution in [1.29, 1.82) is 0 Å². The summed E-state index contributed by atoms with van der Waals surface area (Å²) in [5.41, 5.74) is 1.11. The number of carbonyl (C=O) groups excluding carboxylic acids is 2. The van der Waals surface area contributed by atoms with E-state index in [9.17, 15) is 9.59 Å². The van der Waals surface area contributed by atoms with Crippen LogP contribution in [0.15, 0.2) is 11.8 Å². The Bertz CT molecular complexity index is 401. The number of hydrogen-bond donors (Lipinski definition) is 1. The number of hydrogen-bond acceptors (Lipinski definition) is 2. The maximum atomic E-state index is 11.7. The fourth-order valence-corrected chi connectivity index (χ4v) is 2.95. The van der Waals surface area contributed by atoms with Gasteiger partial charge in [-0.25, -0.2) is 0 Å². The zero-order valence-electron chi connectivity index (χ0n) is 11.5. The molecule has 0 saturated carbocycles. The molecule has 0 aromatic heterocycles. The molecule has 1 aliphatic heterocycles. The minimum atomic E-state index is -0.00674. The number of nitrogens with zero attached hydrogens (tertiary/aromatic N) is 1. The summed E-state index contributed by atoms with van der Waals surface area (Å²) in [4.78, 5) is 25.2. The second-order valence-electron chi connectivity index (χ2n) is 5.73. The van der Waals surface area contributed by atoms with E-state index in [-0.39, 0.29) is 23.1 Å². The Labute approximate surface area is 108 Å². The van der Waals surface area contributed by atoms with Gasteiger partial charge in [0.05, 0.1) is 0 Å². The number of rotatable bonds is 3. The van der Waals surface area contributed by atoms with Crippen LogP contribution in [-0.2, 0) is 9.59 Å². The largest absolute Gasteiger partial charge is 0.355 e. The van der Waals surface area contributed by atoms with Gasteiger partial charge in [0.25, 0.3) is 0 Å². The first-order valence-electron chi connectivity index (χ1n) is 6.71. The highest BCUT2D eigenvalue weighted by atomic mass is 16.2. The van der Waals surface area contributed by atoms with Crippen LogP contribution in [0.2, 0.25) is 0 Å². The molecule has 0 aromatic rings. The van der Waals surface area contributed by atoms with E-state index in [0.717, 1.165) is 25.0 Å². The lowest BCUT2D eigenvalue weighted by Gasteiger charge is -2.41. The molecule has 1 heterocycles. The zero-order valence-corrected chi connectivity index (χ0v) is 11.5. The summed E-state index contributed by atoms with van der Waals surface area (Å²) >= 11 is 0. The molecule has 0 aromatic carbocycles. The normalized spacial score (nSPS) is 27.2. The number of amides is 2. The molecule has 2 aliphatic rings. The van der Waals surface area contributed by atoms with Crippen LogP contribution >= 0.6 is 0 Å². The number of piperidine rings is 1. The molecule has 4 nitrogen and oxygen atoms in total. The van der Waals surface area contributed by atoms with Crippen LogP contribution in [0, 0.1) is 11.3 Å². The Morgan fingerprint density at radius 2 is 2.22 bits per heavy atom. The molecule has 0 bridgehead atoms. The predicted molar refractivity (Wildman–Crippen MR) is 69.6 cm³/mol. The molecule has 0 spiro atoms. The molecule has 18 heavy (non-hydrogen) atoms. The van der Waals surface area contributed by atoms with Crippen molar-refractivity contribution in [2.75, 3.05) is 13.6 Å². The topological polar surface area (TPSA) is 49.4 Å². The molecule has 2 amide bonds. The first-order valence-corrected chi connectivity index (χ1v) is 6.71. The quantitative estimate of drug-likeness (QED) is 0.828. The summed E-state index contributed by atoms with van der Waals surface area (Å²) < 4.78 is 0. The summed E-state index contributed by atoms with van der Waals surface area (Å²) in [6.45, 7) is 4.46. The Hall–Kier alpha value is -1.32. The lowest BCUT2D eigenvalue weighted by atomic mass is 9.77. The lowest BCUT2D eigenvalue weighted by molar-refractivity contribution is -0.132. The summed E-state index contributed by atoms with van der Waals surface area (Å²) in [6.07, 6.45) is 5.65. The molecule has 1 fully saturated rings. The van der Waals surface area contributed by atoms with Crippen LogP contribution in [0.3, 0.4) is 0 Å². The van der Waals surface area contributed by atoms with Crippen molar-refractivity contribution in [2.24, 2.45) is 11.3 Å². The van der Waals surface area contributed by atoms with E-state index in [4.69, 9.17) is 0 Å². The van der Waals surface area contributed by atoms with Crippen molar-refractivity contribution in [3.8, 4) is 0 Å². The van der Waals surface area contributed by atoms with Gasteiger partial charge in [-0.15, -0.1) is 0 Å². The van der Waals surface area contributed by atoms with Crippen molar-refractivity contribution in [1.82, 2.24) is 10.2 Å². The molecular formula is C14H22N2O2. The summed E-state index contributed by atoms with van der Waals surface area (Å²) in [5, 5.41) is 3.03. The molecule has 0 radical (unpaired) electrons. The van der Waals surface area contributed by atoms with Crippen molar-refractivity contribution < 1.29 is 9.59 Å². The lowest BCUT2D eigenvalue weighted by Crippen LogP contribution is -2.47. The third kappa shape index (κ3) is 2.16. The standard InChI is InChI=1S/C14H22N2O2/c1-10(2)13(18)15-9-14-7-4-5-11(14)16(3)12(17)6-8-14/h5,10H,4,6-9H2,1-3H3,(H,15,18). The minimum absolute atomic E-state index is 0.00674. The van der Waals surface area contributed by atoms with E-state index in [2.05, 4.69) is 11.4 Å². The smallest absolute Gasteiger partial charge is 0.226 e. The molecule has 1 unspecified atom stereocenters. The van der Waals surface area contributed by atoms with Crippen molar-refractivity contribution in [3.63, 3.8) is 0 Å². The van der Waals surface area contributed by atoms with Gasteiger partial charge in [0.2, 0.25) is 11.8 Å². The second-order valence-corrected chi connectivity index (χ2v) is 5.73. The number of carbonyl (C=O) groups is 2. The number of nitrogens with one attached hydrogen (secondary N) is 1. The molecular weight excluding hydrogens is 228 g/mol. The summed E-state index contributed by atoms with van der Waals surface area (Å²) in [7, 11) is 1.84. The number of allylic oxidation sites excluding steroid dienone is 1. The molecule has 4 heteroatoms. The van der Waals surface area contributed by atoms with Crippen molar-refractivity contribution in [3.05, 3.63) is 11.8 Å². The Morgan fingerprint density at radius 3 is 2.89 bits per heavy atom. The van der Waals surface area contributed by atoms with Crippen LogP contribution in [0.4, 0.5) is 0 Å². The van der Waals surface area contributed by atoms with Gasteiger partial charge in [-0.05, 0) is 19.3 Å². The van der Waals surface area contributed by atoms with Gasteiger partial charge in [0.1, 0.15) is 0 Å². The molecule has 2 rings (SSSR count). The highest BCUT2D eigenvalue weighted by Crippen LogP contribution is 2.46. The Balaban J connectivity index is 2.08. The Kier molecular flexibility index (Phi) is 3.46. The van der Waals surface area contributed by atoms with Crippen LogP contribution < -0.4 is 5.32 Å². The first kappa shape index (κ1) is 13.1. The van der Waals surface area contributed by atoms with Gasteiger partial charge in [-0.3, -0.25) is 9.59 Å². The third-order valence-corrected chi connectivity index (χ3v) is 4.18. The molecule has 100 valence electrons. The monoisotopic (exact) mass is 250 g/mol. The molecule has 1 N–H and O–H groups in total. The van der Waals surface area contributed by atoms with Gasteiger partial charge < -0.3 is 10.2 Å². The van der Waals surface area contributed by atoms with Gasteiger partial charge in [0, 0.05) is 37.0 Å². The van der Waals surface area contributed by atoms with Gasteiger partial charge >= 0.3 is 0 Å². The second kappa shape index (κ2) is 4.75. The van der Waals surface area contributed by atoms with Gasteiger partial charge in [-0.2, -0.15) is 0 Å². The average molecular weight is 250 g/mol. The van der Waals surface area contributed by atoms with E-state index in [1.54, 1.807) is 4.90 Å². The SMILES string of the molecule is CC(C)C(=O)NCC12CCC=C1N(C)C(=O)CC2. The maximum absolute atomic E-state index is 11.7. The molecule has 1 aliphatic carbocycles. The van der Waals surface area contributed by atoms with Crippen LogP contribution in [0.5, 0.6) is 0 Å². The number of likely N-dealkylation sites (tertiary alicyclic amines) is 1. The van der Waals surface area contributed by atoms with E-state index in [1.807, 2.05) is 20.9 Å². The fourth-order valence-electron chi connectivity index (χ4n) is 2.95. The first-order chi connectivity index (χ1) is 8.46. The summed E-state index contributed by atoms with van der Waals surface area (Å²) in [6, 6.07) is 0. The fraction of sp³-hybridized carbons (Fsp3) is 0.714. The molecule has 1 atom stereocenters. The Morgan fingerprint density at radius 1 is 1.50 bits per heavy atom. The molecule has 1 saturated heterocycles. The van der Waals surface area contributed by atoms with Crippen LogP contribution in [0.1, 0.15) is 39.5 Å². The van der Waals surface area contributed by atoms with E-state index in [1.165, 1.54) is 0 Å². The van der Waals surface area contributed by atoms with Gasteiger partial charge in [0.15, 0.2) is 0 Å². The average Bonchev–Trinajstić information content (AvgIpc) is 2.76. The highest BCUT2D eigenvalue weighted by molar-refractivity contribution is 5.80. The van der Waals surface area contributed by atoms with Gasteiger partial charge in [-0.1, -0.05) is 19.9 Å². The van der Waals surface area contributed by atoms with E-state index < -0.39 is 0 Å². The highest BCUT2D eigenvalue weighted by Gasteiger charge is 2.44. The van der Waals surface area contributed by atoms with Crippen LogP contribution in [-0.4, -0.2) is 30.3 Å². The van der Waals surface area contributed by atoms with E-state index >= 15 is 0 Å². The third-order valence-electron chi connectivity index (χ3n) is 4.18. The van der Waals surface area contributed by atoms with Crippen molar-refractivity contribution >= 4 is 11.8 Å². The maximum Gasteiger partial charge on any atom is 0.226 e. The zero-order chi connectivity index (χ0) is 13.3. The van der Waals surface area contributed by atoms with Crippen molar-refractivity contribution in [2.45, 2.75) is 39.5 Å². The minimum Gasteiger partial charge on any atom is -0.355 e. The number of fused-ring (bicyclic) bond motifs is 1.